The van der Waals surface area contributed by atoms with Crippen LogP contribution in [-0.2, 0) is 11.8 Å². The minimum absolute atomic E-state index is 0.0302. The van der Waals surface area contributed by atoms with Crippen molar-refractivity contribution in [1.82, 2.24) is 14.7 Å². The van der Waals surface area contributed by atoms with E-state index in [2.05, 4.69) is 27.6 Å². The maximum atomic E-state index is 14.8. The van der Waals surface area contributed by atoms with Crippen molar-refractivity contribution in [3.05, 3.63) is 98.7 Å². The molecule has 0 atom stereocenters. The van der Waals surface area contributed by atoms with Gasteiger partial charge >= 0.3 is 0 Å². The molecule has 212 valence electrons. The second-order valence-electron chi connectivity index (χ2n) is 9.95. The monoisotopic (exact) mass is 573 g/mol. The highest BCUT2D eigenvalue weighted by Gasteiger charge is 2.17. The van der Waals surface area contributed by atoms with Gasteiger partial charge in [-0.15, -0.1) is 11.3 Å². The molecular weight excluding hydrogens is 541 g/mol. The van der Waals surface area contributed by atoms with Crippen molar-refractivity contribution in [2.75, 3.05) is 37.4 Å². The number of thiophene rings is 1. The number of hydrogen-bond donors (Lipinski definition) is 2. The number of nitrogens with zero attached hydrogens (tertiary/aromatic N) is 3. The number of aromatic nitrogens is 2. The second-order valence-corrected chi connectivity index (χ2v) is 11.0. The fraction of sp³-hybridized carbons (Fsp3) is 0.258. The molecule has 0 radical (unpaired) electrons. The third-order valence-corrected chi connectivity index (χ3v) is 8.22. The number of hydrogen-bond acceptors (Lipinski definition) is 7. The first-order valence-electron chi connectivity index (χ1n) is 13.4. The second kappa shape index (κ2) is 12.1. The van der Waals surface area contributed by atoms with Gasteiger partial charge in [-0.3, -0.25) is 9.59 Å². The maximum absolute atomic E-state index is 14.8. The number of nitrogens with one attached hydrogen (secondary N) is 2. The molecule has 0 unspecified atom stereocenters. The van der Waals surface area contributed by atoms with Crippen LogP contribution in [0.15, 0.2) is 82.4 Å². The van der Waals surface area contributed by atoms with E-state index in [0.717, 1.165) is 40.0 Å². The third-order valence-electron chi connectivity index (χ3n) is 7.10. The average molecular weight is 574 g/mol. The molecule has 3 heterocycles. The Hall–Kier alpha value is -4.28. The number of carbonyl (C=O) groups is 1. The quantitative estimate of drug-likeness (QED) is 0.282. The number of aryl methyl sites for hydroxylation is 1. The van der Waals surface area contributed by atoms with E-state index >= 15 is 0 Å². The molecule has 0 saturated carbocycles. The number of allylic oxidation sites excluding steroid dienone is 2. The predicted octanol–water partition coefficient (Wildman–Crippen LogP) is 6.00. The van der Waals surface area contributed by atoms with Gasteiger partial charge in [0.2, 0.25) is 0 Å². The van der Waals surface area contributed by atoms with Crippen LogP contribution >= 0.6 is 11.3 Å². The summed E-state index contributed by atoms with van der Waals surface area (Å²) in [6, 6.07) is 15.5. The Bertz CT molecular complexity index is 1710. The number of fused-ring (bicyclic) bond motifs is 1. The molecule has 0 spiro atoms. The Morgan fingerprint density at radius 2 is 1.93 bits per heavy atom. The van der Waals surface area contributed by atoms with Gasteiger partial charge in [0.05, 0.1) is 29.5 Å². The number of anilines is 2. The van der Waals surface area contributed by atoms with Crippen LogP contribution in [0, 0.1) is 5.82 Å². The summed E-state index contributed by atoms with van der Waals surface area (Å²) in [5, 5.41) is 11.4. The minimum atomic E-state index is -0.569. The molecule has 10 heteroatoms. The summed E-state index contributed by atoms with van der Waals surface area (Å²) in [7, 11) is 3.59. The number of rotatable bonds is 7. The van der Waals surface area contributed by atoms with Gasteiger partial charge in [0, 0.05) is 42.3 Å². The van der Waals surface area contributed by atoms with Crippen LogP contribution in [0.3, 0.4) is 0 Å². The van der Waals surface area contributed by atoms with Crippen molar-refractivity contribution >= 4 is 38.7 Å². The molecule has 5 rings (SSSR count). The Labute approximate surface area is 241 Å². The molecule has 0 bridgehead atoms. The van der Waals surface area contributed by atoms with E-state index in [0.29, 0.717) is 35.0 Å². The highest BCUT2D eigenvalue weighted by Crippen LogP contribution is 2.29. The molecule has 1 aliphatic heterocycles. The topological polar surface area (TPSA) is 88.5 Å². The first kappa shape index (κ1) is 28.3. The van der Waals surface area contributed by atoms with E-state index < -0.39 is 11.7 Å². The van der Waals surface area contributed by atoms with Crippen LogP contribution < -0.4 is 16.2 Å². The molecule has 2 aromatic carbocycles. The van der Waals surface area contributed by atoms with E-state index in [4.69, 9.17) is 4.74 Å². The fourth-order valence-corrected chi connectivity index (χ4v) is 5.41. The molecule has 41 heavy (non-hydrogen) atoms. The van der Waals surface area contributed by atoms with E-state index in [9.17, 15) is 14.0 Å². The molecule has 2 aromatic heterocycles. The zero-order valence-electron chi connectivity index (χ0n) is 23.5. The fourth-order valence-electron chi connectivity index (χ4n) is 4.45. The standard InChI is InChI=1S/C31H32FN5O3S/c1-5-19(2)24(16-22-18-40-13-12-36(22)3)33-27-17-25(35-37(4)31(27)39)20-10-11-23(32)26(14-20)34-30(38)29-15-21-8-6-7-9-28(21)41-29/h6-11,14-17,33H,5,12-13,18H2,1-4H3,(H,34,38). The molecule has 1 aliphatic rings. The SMILES string of the molecule is CCC(C)=C(C=C1COCCN1C)Nc1cc(-c2ccc(F)c(NC(=O)c3cc4ccccc4s3)c2)nn(C)c1=O. The summed E-state index contributed by atoms with van der Waals surface area (Å²) < 4.78 is 22.7. The van der Waals surface area contributed by atoms with E-state index in [1.807, 2.05) is 44.3 Å². The van der Waals surface area contributed by atoms with Gasteiger partial charge in [-0.2, -0.15) is 5.10 Å². The van der Waals surface area contributed by atoms with Crippen molar-refractivity contribution in [3.63, 3.8) is 0 Å². The first-order valence-corrected chi connectivity index (χ1v) is 14.2. The van der Waals surface area contributed by atoms with Crippen LogP contribution in [0.5, 0.6) is 0 Å². The highest BCUT2D eigenvalue weighted by molar-refractivity contribution is 7.20. The van der Waals surface area contributed by atoms with Gasteiger partial charge in [0.25, 0.3) is 11.5 Å². The number of likely N-dealkylation sites (N-methyl/N-ethyl adjacent to an activating group) is 1. The number of carbonyl (C=O) groups excluding carboxylic acids is 1. The van der Waals surface area contributed by atoms with Gasteiger partial charge in [-0.05, 0) is 61.2 Å². The molecule has 1 amide bonds. The molecule has 8 nitrogen and oxygen atoms in total. The van der Waals surface area contributed by atoms with E-state index in [1.165, 1.54) is 28.2 Å². The van der Waals surface area contributed by atoms with Gasteiger partial charge in [-0.1, -0.05) is 30.7 Å². The summed E-state index contributed by atoms with van der Waals surface area (Å²) in [5.74, 6) is -0.965. The predicted molar refractivity (Wildman–Crippen MR) is 163 cm³/mol. The Balaban J connectivity index is 1.45. The van der Waals surface area contributed by atoms with Crippen LogP contribution in [0.2, 0.25) is 0 Å². The zero-order valence-corrected chi connectivity index (χ0v) is 24.3. The summed E-state index contributed by atoms with van der Waals surface area (Å²) in [4.78, 5) is 28.7. The largest absolute Gasteiger partial charge is 0.374 e. The minimum Gasteiger partial charge on any atom is -0.374 e. The average Bonchev–Trinajstić information content (AvgIpc) is 3.41. The van der Waals surface area contributed by atoms with Gasteiger partial charge in [0.1, 0.15) is 11.5 Å². The lowest BCUT2D eigenvalue weighted by Crippen LogP contribution is -2.31. The lowest BCUT2D eigenvalue weighted by molar-refractivity contribution is 0.0842. The van der Waals surface area contributed by atoms with Crippen molar-refractivity contribution in [2.24, 2.45) is 7.05 Å². The van der Waals surface area contributed by atoms with E-state index in [-0.39, 0.29) is 11.2 Å². The number of amides is 1. The van der Waals surface area contributed by atoms with Crippen LogP contribution in [0.4, 0.5) is 15.8 Å². The molecule has 1 saturated heterocycles. The van der Waals surface area contributed by atoms with Crippen molar-refractivity contribution in [2.45, 2.75) is 20.3 Å². The Morgan fingerprint density at radius 3 is 2.68 bits per heavy atom. The normalized spacial score (nSPS) is 15.2. The van der Waals surface area contributed by atoms with E-state index in [1.54, 1.807) is 25.2 Å². The summed E-state index contributed by atoms with van der Waals surface area (Å²) in [5.41, 5.74) is 3.95. The zero-order chi connectivity index (χ0) is 29.1. The molecule has 2 N–H and O–H groups in total. The lowest BCUT2D eigenvalue weighted by atomic mass is 10.1. The van der Waals surface area contributed by atoms with Crippen molar-refractivity contribution in [1.29, 1.82) is 0 Å². The molecular formula is C31H32FN5O3S. The number of halogens is 1. The van der Waals surface area contributed by atoms with Crippen molar-refractivity contribution < 1.29 is 13.9 Å². The summed E-state index contributed by atoms with van der Waals surface area (Å²) in [6.07, 6.45) is 2.80. The molecule has 0 aliphatic carbocycles. The summed E-state index contributed by atoms with van der Waals surface area (Å²) >= 11 is 1.35. The highest BCUT2D eigenvalue weighted by atomic mass is 32.1. The van der Waals surface area contributed by atoms with Crippen LogP contribution in [0.1, 0.15) is 29.9 Å². The number of benzene rings is 2. The Kier molecular flexibility index (Phi) is 8.32. The molecule has 1 fully saturated rings. The first-order chi connectivity index (χ1) is 19.7. The lowest BCUT2D eigenvalue weighted by Gasteiger charge is -2.28. The van der Waals surface area contributed by atoms with Crippen LogP contribution in [-0.4, -0.2) is 47.4 Å². The van der Waals surface area contributed by atoms with Gasteiger partial charge in [-0.25, -0.2) is 9.07 Å². The number of ether oxygens (including phenoxy) is 1. The van der Waals surface area contributed by atoms with Gasteiger partial charge in [0.15, 0.2) is 0 Å². The maximum Gasteiger partial charge on any atom is 0.290 e. The third kappa shape index (κ3) is 6.23. The molecule has 4 aromatic rings. The van der Waals surface area contributed by atoms with Crippen LogP contribution in [0.25, 0.3) is 21.3 Å². The Morgan fingerprint density at radius 1 is 1.12 bits per heavy atom. The smallest absolute Gasteiger partial charge is 0.290 e. The van der Waals surface area contributed by atoms with Gasteiger partial charge < -0.3 is 20.3 Å². The number of morpholine rings is 1. The summed E-state index contributed by atoms with van der Waals surface area (Å²) in [6.45, 7) is 6.02. The van der Waals surface area contributed by atoms with Crippen molar-refractivity contribution in [3.8, 4) is 11.3 Å².